The fraction of sp³-hybridized carbons (Fsp3) is 0.812. The molecule has 0 aliphatic heterocycles. The van der Waals surface area contributed by atoms with E-state index in [2.05, 4.69) is 18.2 Å². The topological polar surface area (TPSA) is 150 Å². The molecule has 0 heterocycles. The van der Waals surface area contributed by atoms with Crippen LogP contribution in [0, 0.1) is 80.3 Å². The van der Waals surface area contributed by atoms with Gasteiger partial charge in [0.1, 0.15) is 18.2 Å². The van der Waals surface area contributed by atoms with Crippen molar-refractivity contribution in [1.82, 2.24) is 0 Å². The molecule has 0 saturated heterocycles. The molecule has 3 rings (SSSR count). The lowest BCUT2D eigenvalue weighted by Crippen LogP contribution is -2.60. The number of hydrogen-bond acceptors (Lipinski definition) is 9. The average molecular weight is 568 g/mol. The summed E-state index contributed by atoms with van der Waals surface area (Å²) < 4.78 is 17.8. The Labute approximate surface area is 244 Å². The van der Waals surface area contributed by atoms with Gasteiger partial charge in [0.15, 0.2) is 18.9 Å². The summed E-state index contributed by atoms with van der Waals surface area (Å²) in [6.07, 6.45) is 6.22. The van der Waals surface area contributed by atoms with Crippen LogP contribution in [-0.2, 0) is 28.6 Å². The Morgan fingerprint density at radius 1 is 0.756 bits per heavy atom. The lowest BCUT2D eigenvalue weighted by molar-refractivity contribution is -0.173. The van der Waals surface area contributed by atoms with Crippen molar-refractivity contribution in [2.45, 2.75) is 96.9 Å². The first kappa shape index (κ1) is 32.9. The van der Waals surface area contributed by atoms with E-state index in [0.29, 0.717) is 31.7 Å². The third-order valence-electron chi connectivity index (χ3n) is 11.6. The molecule has 10 unspecified atom stereocenters. The van der Waals surface area contributed by atoms with Crippen LogP contribution < -0.4 is 0 Å². The van der Waals surface area contributed by atoms with E-state index in [9.17, 15) is 30.2 Å². The fourth-order valence-electron chi connectivity index (χ4n) is 9.88. The molecule has 3 aliphatic carbocycles. The van der Waals surface area contributed by atoms with Gasteiger partial charge in [0.25, 0.3) is 0 Å². The second-order valence-corrected chi connectivity index (χ2v) is 12.4. The highest BCUT2D eigenvalue weighted by Gasteiger charge is 2.72. The zero-order chi connectivity index (χ0) is 30.7. The Kier molecular flexibility index (Phi) is 9.86. The molecule has 0 radical (unpaired) electrons. The first-order valence-electron chi connectivity index (χ1n) is 15.1. The van der Waals surface area contributed by atoms with Crippen molar-refractivity contribution in [2.24, 2.45) is 46.3 Å². The van der Waals surface area contributed by atoms with Crippen molar-refractivity contribution < 1.29 is 28.6 Å². The highest BCUT2D eigenvalue weighted by molar-refractivity contribution is 5.71. The van der Waals surface area contributed by atoms with Crippen LogP contribution in [0.3, 0.4) is 0 Å². The summed E-state index contributed by atoms with van der Waals surface area (Å²) in [6.45, 7) is 11.4. The van der Waals surface area contributed by atoms with E-state index in [4.69, 9.17) is 14.2 Å². The van der Waals surface area contributed by atoms with Crippen LogP contribution in [0.5, 0.6) is 0 Å². The van der Waals surface area contributed by atoms with Gasteiger partial charge < -0.3 is 14.2 Å². The zero-order valence-electron chi connectivity index (χ0n) is 25.4. The summed E-state index contributed by atoms with van der Waals surface area (Å²) in [6, 6.07) is 6.54. The Morgan fingerprint density at radius 3 is 1.59 bits per heavy atom. The van der Waals surface area contributed by atoms with E-state index in [1.165, 1.54) is 0 Å². The van der Waals surface area contributed by atoms with Crippen LogP contribution >= 0.6 is 0 Å². The standard InChI is InChI=1S/C32H45N3O6/c1-7-39-29(16-33,19-36)22(4)28-13-10-14-32(27-25(15-28)11-12-26(27)28,23(5)30(17-34,20-37)40-8-2)24(6)31(18-35,21-38)41-9-3/h19-27H,7-15H2,1-6H3. The molecular weight excluding hydrogens is 522 g/mol. The highest BCUT2D eigenvalue weighted by atomic mass is 16.5. The van der Waals surface area contributed by atoms with Crippen LogP contribution in [-0.4, -0.2) is 55.5 Å². The molecule has 0 aromatic carbocycles. The van der Waals surface area contributed by atoms with Gasteiger partial charge in [-0.05, 0) is 81.5 Å². The molecule has 0 aromatic heterocycles. The molecule has 9 heteroatoms. The minimum absolute atomic E-state index is 0.0253. The smallest absolute Gasteiger partial charge is 0.212 e. The maximum atomic E-state index is 12.7. The lowest BCUT2D eigenvalue weighted by atomic mass is 9.50. The largest absolute Gasteiger partial charge is 0.354 e. The molecule has 4 bridgehead atoms. The number of aldehydes is 3. The van der Waals surface area contributed by atoms with E-state index < -0.39 is 45.4 Å². The van der Waals surface area contributed by atoms with Crippen molar-refractivity contribution >= 4 is 18.9 Å². The predicted molar refractivity (Wildman–Crippen MR) is 149 cm³/mol. The third kappa shape index (κ3) is 4.55. The summed E-state index contributed by atoms with van der Waals surface area (Å²) in [7, 11) is 0. The van der Waals surface area contributed by atoms with Gasteiger partial charge in [-0.1, -0.05) is 27.2 Å². The van der Waals surface area contributed by atoms with Crippen molar-refractivity contribution in [2.75, 3.05) is 19.8 Å². The monoisotopic (exact) mass is 567 g/mol. The maximum absolute atomic E-state index is 12.7. The SMILES string of the molecule is CCOC(C#N)(C=O)C(C)C12CCCC(C(C)C(C#N)(C=O)OCC)(C(C)C(C#N)(C=O)OCC)C3C(CCC31)C2. The Balaban J connectivity index is 2.33. The molecular formula is C32H45N3O6. The minimum Gasteiger partial charge on any atom is -0.354 e. The minimum atomic E-state index is -1.79. The second-order valence-electron chi connectivity index (χ2n) is 12.4. The first-order valence-corrected chi connectivity index (χ1v) is 15.1. The van der Waals surface area contributed by atoms with Crippen molar-refractivity contribution in [3.63, 3.8) is 0 Å². The van der Waals surface area contributed by atoms with Crippen LogP contribution in [0.25, 0.3) is 0 Å². The number of carbonyl (C=O) groups is 3. The molecule has 10 atom stereocenters. The molecule has 3 aliphatic rings. The fourth-order valence-corrected chi connectivity index (χ4v) is 9.88. The van der Waals surface area contributed by atoms with Gasteiger partial charge in [-0.3, -0.25) is 14.4 Å². The molecule has 224 valence electrons. The van der Waals surface area contributed by atoms with Gasteiger partial charge in [0.2, 0.25) is 16.8 Å². The van der Waals surface area contributed by atoms with Crippen LogP contribution in [0.15, 0.2) is 0 Å². The van der Waals surface area contributed by atoms with Crippen molar-refractivity contribution in [3.8, 4) is 18.2 Å². The maximum Gasteiger partial charge on any atom is 0.212 e. The molecule has 9 nitrogen and oxygen atoms in total. The van der Waals surface area contributed by atoms with Gasteiger partial charge in [0.05, 0.1) is 0 Å². The molecule has 3 fully saturated rings. The van der Waals surface area contributed by atoms with E-state index in [-0.39, 0.29) is 37.6 Å². The van der Waals surface area contributed by atoms with Gasteiger partial charge in [-0.15, -0.1) is 0 Å². The average Bonchev–Trinajstić information content (AvgIpc) is 3.50. The number of nitrogens with zero attached hydrogens (tertiary/aromatic N) is 3. The third-order valence-corrected chi connectivity index (χ3v) is 11.6. The number of nitriles is 3. The number of carbonyl (C=O) groups excluding carboxylic acids is 3. The lowest BCUT2D eigenvalue weighted by Gasteiger charge is -2.55. The summed E-state index contributed by atoms with van der Waals surface area (Å²) in [5, 5.41) is 31.1. The van der Waals surface area contributed by atoms with Gasteiger partial charge >= 0.3 is 0 Å². The number of hydrogen-bond donors (Lipinski definition) is 0. The predicted octanol–water partition coefficient (Wildman–Crippen LogP) is 4.59. The van der Waals surface area contributed by atoms with Gasteiger partial charge in [0, 0.05) is 37.6 Å². The molecule has 3 saturated carbocycles. The van der Waals surface area contributed by atoms with Crippen LogP contribution in [0.1, 0.15) is 80.1 Å². The van der Waals surface area contributed by atoms with E-state index >= 15 is 0 Å². The second kappa shape index (κ2) is 12.3. The molecule has 0 N–H and O–H groups in total. The number of ether oxygens (including phenoxy) is 3. The quantitative estimate of drug-likeness (QED) is 0.259. The summed E-state index contributed by atoms with van der Waals surface area (Å²) >= 11 is 0. The van der Waals surface area contributed by atoms with E-state index in [1.54, 1.807) is 20.8 Å². The van der Waals surface area contributed by atoms with Crippen LogP contribution in [0.2, 0.25) is 0 Å². The van der Waals surface area contributed by atoms with E-state index in [0.717, 1.165) is 25.7 Å². The Hall–Kier alpha value is -2.64. The molecule has 41 heavy (non-hydrogen) atoms. The molecule has 0 spiro atoms. The summed E-state index contributed by atoms with van der Waals surface area (Å²) in [4.78, 5) is 37.9. The number of rotatable bonds is 15. The Morgan fingerprint density at radius 2 is 1.20 bits per heavy atom. The van der Waals surface area contributed by atoms with E-state index in [1.807, 2.05) is 20.8 Å². The van der Waals surface area contributed by atoms with Gasteiger partial charge in [-0.25, -0.2) is 0 Å². The first-order chi connectivity index (χ1) is 19.5. The Bertz CT molecular complexity index is 1080. The van der Waals surface area contributed by atoms with Crippen LogP contribution in [0.4, 0.5) is 0 Å². The molecule has 0 amide bonds. The highest BCUT2D eigenvalue weighted by Crippen LogP contribution is 2.75. The zero-order valence-corrected chi connectivity index (χ0v) is 25.4. The van der Waals surface area contributed by atoms with Crippen molar-refractivity contribution in [3.05, 3.63) is 0 Å². The summed E-state index contributed by atoms with van der Waals surface area (Å²) in [5.74, 6) is -1.70. The van der Waals surface area contributed by atoms with Gasteiger partial charge in [-0.2, -0.15) is 15.8 Å². The summed E-state index contributed by atoms with van der Waals surface area (Å²) in [5.41, 5.74) is -6.44. The van der Waals surface area contributed by atoms with Crippen molar-refractivity contribution in [1.29, 1.82) is 15.8 Å². The molecule has 0 aromatic rings. The normalized spacial score (nSPS) is 35.0.